The summed E-state index contributed by atoms with van der Waals surface area (Å²) < 4.78 is 90.9. The SMILES string of the molecule is COc1cc(-c2cc(C(=O)N3CCC(C(N)=O)CC34CC4[C@@H]3CN(CC4(C(F)(F)F)CC4)CC3(F)F)[nH]n2)c(F)cn1. The number of likely N-dealkylation sites (tertiary alicyclic amines) is 2. The van der Waals surface area contributed by atoms with Crippen molar-refractivity contribution in [2.75, 3.05) is 33.3 Å². The normalized spacial score (nSPS) is 30.0. The van der Waals surface area contributed by atoms with Gasteiger partial charge in [-0.25, -0.2) is 18.2 Å². The van der Waals surface area contributed by atoms with Crippen LogP contribution in [-0.4, -0.2) is 87.7 Å². The number of primary amides is 1. The van der Waals surface area contributed by atoms with Gasteiger partial charge >= 0.3 is 6.18 Å². The van der Waals surface area contributed by atoms with Crippen molar-refractivity contribution in [1.82, 2.24) is 25.0 Å². The van der Waals surface area contributed by atoms with Crippen LogP contribution < -0.4 is 10.5 Å². The molecule has 2 aliphatic carbocycles. The van der Waals surface area contributed by atoms with Crippen molar-refractivity contribution in [3.8, 4) is 17.1 Å². The molecule has 4 atom stereocenters. The zero-order valence-electron chi connectivity index (χ0n) is 22.7. The predicted molar refractivity (Wildman–Crippen MR) is 135 cm³/mol. The smallest absolute Gasteiger partial charge is 0.395 e. The van der Waals surface area contributed by atoms with Gasteiger partial charge in [0.05, 0.1) is 31.0 Å². The van der Waals surface area contributed by atoms with Crippen LogP contribution in [0.1, 0.15) is 42.6 Å². The quantitative estimate of drug-likeness (QED) is 0.469. The van der Waals surface area contributed by atoms with E-state index in [-0.39, 0.29) is 68.0 Å². The number of alkyl halides is 5. The van der Waals surface area contributed by atoms with E-state index < -0.39 is 71.5 Å². The van der Waals surface area contributed by atoms with E-state index in [9.17, 15) is 27.2 Å². The number of carbonyl (C=O) groups excluding carboxylic acids is 2. The van der Waals surface area contributed by atoms with Gasteiger partial charge in [0.15, 0.2) is 5.82 Å². The average Bonchev–Trinajstić information content (AvgIpc) is 3.76. The molecule has 2 saturated heterocycles. The summed E-state index contributed by atoms with van der Waals surface area (Å²) >= 11 is 0. The minimum absolute atomic E-state index is 0.0107. The van der Waals surface area contributed by atoms with Crippen LogP contribution in [0.4, 0.5) is 26.3 Å². The lowest BCUT2D eigenvalue weighted by Gasteiger charge is -2.41. The Hall–Kier alpha value is -3.36. The topological polar surface area (TPSA) is 117 Å². The zero-order valence-corrected chi connectivity index (χ0v) is 22.7. The number of hydrogen-bond donors (Lipinski definition) is 2. The van der Waals surface area contributed by atoms with Crippen LogP contribution in [0.2, 0.25) is 0 Å². The number of nitrogens with two attached hydrogens (primary N) is 1. The van der Waals surface area contributed by atoms with Crippen molar-refractivity contribution >= 4 is 11.8 Å². The number of pyridine rings is 1. The highest BCUT2D eigenvalue weighted by molar-refractivity contribution is 5.94. The Morgan fingerprint density at radius 1 is 1.19 bits per heavy atom. The van der Waals surface area contributed by atoms with Gasteiger partial charge in [0, 0.05) is 48.6 Å². The molecule has 0 aromatic carbocycles. The molecule has 0 radical (unpaired) electrons. The average molecular weight is 601 g/mol. The number of nitrogens with zero attached hydrogens (tertiary/aromatic N) is 4. The van der Waals surface area contributed by atoms with Crippen molar-refractivity contribution in [1.29, 1.82) is 0 Å². The lowest BCUT2D eigenvalue weighted by Crippen LogP contribution is -2.52. The Labute approximate surface area is 236 Å². The van der Waals surface area contributed by atoms with Crippen LogP contribution in [-0.2, 0) is 4.79 Å². The van der Waals surface area contributed by atoms with Gasteiger partial charge in [0.1, 0.15) is 5.69 Å². The maximum atomic E-state index is 15.4. The van der Waals surface area contributed by atoms with Crippen LogP contribution in [0, 0.1) is 29.0 Å². The van der Waals surface area contributed by atoms with Gasteiger partial charge in [0.25, 0.3) is 11.8 Å². The summed E-state index contributed by atoms with van der Waals surface area (Å²) in [5.74, 6) is -7.68. The van der Waals surface area contributed by atoms with Crippen molar-refractivity contribution < 1.29 is 40.7 Å². The van der Waals surface area contributed by atoms with E-state index in [1.54, 1.807) is 0 Å². The summed E-state index contributed by atoms with van der Waals surface area (Å²) in [5, 5.41) is 6.65. The highest BCUT2D eigenvalue weighted by atomic mass is 19.4. The van der Waals surface area contributed by atoms with Crippen LogP contribution in [0.25, 0.3) is 11.3 Å². The third-order valence-electron chi connectivity index (χ3n) is 9.61. The van der Waals surface area contributed by atoms with Gasteiger partial charge < -0.3 is 15.4 Å². The van der Waals surface area contributed by atoms with Crippen LogP contribution in [0.3, 0.4) is 0 Å². The summed E-state index contributed by atoms with van der Waals surface area (Å²) in [6.45, 7) is -1.45. The maximum Gasteiger partial charge on any atom is 0.395 e. The van der Waals surface area contributed by atoms with E-state index in [0.29, 0.717) is 0 Å². The summed E-state index contributed by atoms with van der Waals surface area (Å²) in [4.78, 5) is 32.3. The number of aromatic nitrogens is 3. The summed E-state index contributed by atoms with van der Waals surface area (Å²) in [6.07, 6.45) is -3.20. The van der Waals surface area contributed by atoms with Gasteiger partial charge in [-0.3, -0.25) is 19.6 Å². The van der Waals surface area contributed by atoms with Crippen LogP contribution >= 0.6 is 0 Å². The van der Waals surface area contributed by atoms with Gasteiger partial charge in [-0.05, 0) is 44.1 Å². The van der Waals surface area contributed by atoms with E-state index in [0.717, 1.165) is 6.20 Å². The largest absolute Gasteiger partial charge is 0.481 e. The molecule has 6 rings (SSSR count). The van der Waals surface area contributed by atoms with Crippen LogP contribution in [0.15, 0.2) is 18.3 Å². The molecule has 2 aliphatic heterocycles. The van der Waals surface area contributed by atoms with Crippen LogP contribution in [0.5, 0.6) is 5.88 Å². The number of methoxy groups -OCH3 is 1. The highest BCUT2D eigenvalue weighted by Crippen LogP contribution is 2.63. The molecule has 2 saturated carbocycles. The molecule has 2 aromatic rings. The number of nitrogens with one attached hydrogen (secondary N) is 1. The molecule has 2 aromatic heterocycles. The molecule has 42 heavy (non-hydrogen) atoms. The van der Waals surface area contributed by atoms with E-state index >= 15 is 8.78 Å². The van der Waals surface area contributed by atoms with Gasteiger partial charge in [0.2, 0.25) is 11.8 Å². The molecule has 1 spiro atoms. The molecule has 4 aliphatic rings. The Morgan fingerprint density at radius 3 is 2.57 bits per heavy atom. The first kappa shape index (κ1) is 28.7. The second-order valence-electron chi connectivity index (χ2n) is 12.2. The minimum Gasteiger partial charge on any atom is -0.481 e. The number of aromatic amines is 1. The van der Waals surface area contributed by atoms with E-state index in [1.165, 1.54) is 29.0 Å². The number of H-pyrrole nitrogens is 1. The molecule has 2 amide bonds. The first-order valence-electron chi connectivity index (χ1n) is 13.7. The molecule has 9 nitrogen and oxygen atoms in total. The first-order chi connectivity index (χ1) is 19.7. The Kier molecular flexibility index (Phi) is 6.55. The molecule has 228 valence electrons. The fourth-order valence-electron chi connectivity index (χ4n) is 7.06. The number of carbonyl (C=O) groups is 2. The Morgan fingerprint density at radius 2 is 1.93 bits per heavy atom. The number of amides is 2. The van der Waals surface area contributed by atoms with E-state index in [4.69, 9.17) is 10.5 Å². The van der Waals surface area contributed by atoms with Crippen molar-refractivity contribution in [2.24, 2.45) is 28.9 Å². The monoisotopic (exact) mass is 600 g/mol. The molecule has 15 heteroatoms. The molecule has 4 fully saturated rings. The van der Waals surface area contributed by atoms with Crippen molar-refractivity contribution in [2.45, 2.75) is 49.7 Å². The third-order valence-corrected chi connectivity index (χ3v) is 9.61. The van der Waals surface area contributed by atoms with Crippen molar-refractivity contribution in [3.63, 3.8) is 0 Å². The van der Waals surface area contributed by atoms with Gasteiger partial charge in [-0.1, -0.05) is 0 Å². The summed E-state index contributed by atoms with van der Waals surface area (Å²) in [7, 11) is 1.36. The lowest BCUT2D eigenvalue weighted by molar-refractivity contribution is -0.191. The number of rotatable bonds is 7. The number of hydrogen-bond acceptors (Lipinski definition) is 6. The van der Waals surface area contributed by atoms with Gasteiger partial charge in [-0.2, -0.15) is 18.3 Å². The first-order valence-corrected chi connectivity index (χ1v) is 13.7. The second kappa shape index (κ2) is 9.58. The Balaban J connectivity index is 1.25. The fraction of sp³-hybridized carbons (Fsp3) is 0.630. The maximum absolute atomic E-state index is 15.4. The molecule has 0 bridgehead atoms. The lowest BCUT2D eigenvalue weighted by atomic mass is 9.83. The standard InChI is InChI=1S/C27H30F6N6O3/c1-42-21-6-15(18(28)10-35-21)19-7-20(37-36-19)23(41)39-5-2-14(22(34)40)8-25(39)9-16(25)17-11-38(13-26(17,29)30)12-24(3-4-24)27(31,32)33/h6-7,10,14,16-17H,2-5,8-9,11-13H2,1H3,(H2,34,40)(H,36,37)/t14?,16?,17-,25?/m0/s1. The fourth-order valence-corrected chi connectivity index (χ4v) is 7.06. The highest BCUT2D eigenvalue weighted by Gasteiger charge is 2.71. The molecule has 4 heterocycles. The molecule has 3 unspecified atom stereocenters. The summed E-state index contributed by atoms with van der Waals surface area (Å²) in [6, 6.07) is 2.65. The minimum atomic E-state index is -4.46. The number of halogens is 6. The molecular weight excluding hydrogens is 570 g/mol. The number of ether oxygens (including phenoxy) is 1. The third kappa shape index (κ3) is 4.69. The van der Waals surface area contributed by atoms with E-state index in [1.807, 2.05) is 0 Å². The second-order valence-corrected chi connectivity index (χ2v) is 12.2. The predicted octanol–water partition coefficient (Wildman–Crippen LogP) is 3.63. The summed E-state index contributed by atoms with van der Waals surface area (Å²) in [5.41, 5.74) is 2.63. The van der Waals surface area contributed by atoms with Gasteiger partial charge in [-0.15, -0.1) is 0 Å². The zero-order chi connectivity index (χ0) is 30.2. The Bertz CT molecular complexity index is 1410. The molecule has 3 N–H and O–H groups in total. The molecular formula is C27H30F6N6O3. The number of piperidine rings is 1. The van der Waals surface area contributed by atoms with E-state index in [2.05, 4.69) is 15.2 Å². The van der Waals surface area contributed by atoms with Crippen molar-refractivity contribution in [3.05, 3.63) is 29.8 Å².